The molecule has 0 aliphatic carbocycles. The molecular formula is C17H24N4O2. The van der Waals surface area contributed by atoms with Gasteiger partial charge in [-0.15, -0.1) is 0 Å². The van der Waals surface area contributed by atoms with E-state index in [1.807, 2.05) is 23.1 Å². The van der Waals surface area contributed by atoms with Crippen LogP contribution in [0.4, 0.5) is 0 Å². The molecule has 1 aliphatic heterocycles. The summed E-state index contributed by atoms with van der Waals surface area (Å²) in [5.41, 5.74) is 4.27. The summed E-state index contributed by atoms with van der Waals surface area (Å²) in [6.07, 6.45) is 5.90. The van der Waals surface area contributed by atoms with Crippen molar-refractivity contribution >= 4 is 17.5 Å². The summed E-state index contributed by atoms with van der Waals surface area (Å²) in [6.45, 7) is 3.40. The predicted molar refractivity (Wildman–Crippen MR) is 88.6 cm³/mol. The van der Waals surface area contributed by atoms with Crippen molar-refractivity contribution in [1.29, 1.82) is 0 Å². The van der Waals surface area contributed by atoms with Crippen LogP contribution in [0.3, 0.4) is 0 Å². The Bertz CT molecular complexity index is 557. The molecule has 0 saturated heterocycles. The molecule has 6 heteroatoms. The third-order valence-corrected chi connectivity index (χ3v) is 3.82. The summed E-state index contributed by atoms with van der Waals surface area (Å²) in [5.74, 6) is 0.0588. The number of nitrogens with zero attached hydrogens (tertiary/aromatic N) is 3. The van der Waals surface area contributed by atoms with Crippen LogP contribution >= 0.6 is 0 Å². The van der Waals surface area contributed by atoms with Crippen LogP contribution in [-0.2, 0) is 16.1 Å². The highest BCUT2D eigenvalue weighted by molar-refractivity contribution is 5.94. The van der Waals surface area contributed by atoms with Crippen LogP contribution in [-0.4, -0.2) is 34.0 Å². The van der Waals surface area contributed by atoms with E-state index in [4.69, 9.17) is 0 Å². The average Bonchev–Trinajstić information content (AvgIpc) is 2.58. The molecule has 0 saturated carbocycles. The molecule has 1 N–H and O–H groups in total. The molecule has 0 unspecified atom stereocenters. The third-order valence-electron chi connectivity index (χ3n) is 3.82. The van der Waals surface area contributed by atoms with Gasteiger partial charge in [-0.1, -0.05) is 19.4 Å². The van der Waals surface area contributed by atoms with Gasteiger partial charge in [-0.25, -0.2) is 5.43 Å². The van der Waals surface area contributed by atoms with Crippen LogP contribution in [0.2, 0.25) is 0 Å². The molecule has 1 aromatic rings. The maximum absolute atomic E-state index is 12.5. The Balaban J connectivity index is 1.89. The highest BCUT2D eigenvalue weighted by Crippen LogP contribution is 2.10. The fraction of sp³-hybridized carbons (Fsp3) is 0.529. The van der Waals surface area contributed by atoms with Crippen LogP contribution in [0.1, 0.15) is 51.1 Å². The summed E-state index contributed by atoms with van der Waals surface area (Å²) in [6, 6.07) is 5.74. The highest BCUT2D eigenvalue weighted by Gasteiger charge is 2.17. The van der Waals surface area contributed by atoms with E-state index in [-0.39, 0.29) is 11.8 Å². The summed E-state index contributed by atoms with van der Waals surface area (Å²) >= 11 is 0. The zero-order valence-electron chi connectivity index (χ0n) is 13.6. The first kappa shape index (κ1) is 17.1. The molecule has 0 radical (unpaired) electrons. The Hall–Kier alpha value is -2.24. The quantitative estimate of drug-likeness (QED) is 0.799. The summed E-state index contributed by atoms with van der Waals surface area (Å²) in [7, 11) is 0. The van der Waals surface area contributed by atoms with Gasteiger partial charge < -0.3 is 4.90 Å². The monoisotopic (exact) mass is 316 g/mol. The van der Waals surface area contributed by atoms with E-state index in [1.54, 1.807) is 6.20 Å². The maximum atomic E-state index is 12.5. The number of hydrogen-bond donors (Lipinski definition) is 1. The number of hydrogen-bond acceptors (Lipinski definition) is 4. The molecule has 0 atom stereocenters. The summed E-state index contributed by atoms with van der Waals surface area (Å²) < 4.78 is 0. The van der Waals surface area contributed by atoms with Crippen molar-refractivity contribution < 1.29 is 9.59 Å². The van der Waals surface area contributed by atoms with Gasteiger partial charge >= 0.3 is 0 Å². The van der Waals surface area contributed by atoms with Gasteiger partial charge in [0.05, 0.1) is 12.2 Å². The number of rotatable bonds is 8. The Morgan fingerprint density at radius 1 is 1.35 bits per heavy atom. The van der Waals surface area contributed by atoms with Crippen LogP contribution in [0.5, 0.6) is 0 Å². The van der Waals surface area contributed by atoms with Crippen molar-refractivity contribution in [2.24, 2.45) is 5.10 Å². The first-order chi connectivity index (χ1) is 11.2. The second kappa shape index (κ2) is 9.02. The Kier molecular flexibility index (Phi) is 6.72. The Morgan fingerprint density at radius 3 is 2.87 bits per heavy atom. The van der Waals surface area contributed by atoms with Gasteiger partial charge in [-0.3, -0.25) is 14.6 Å². The second-order valence-electron chi connectivity index (χ2n) is 5.70. The number of carbonyl (C=O) groups excluding carboxylic acids is 2. The van der Waals surface area contributed by atoms with Crippen molar-refractivity contribution in [3.05, 3.63) is 30.1 Å². The summed E-state index contributed by atoms with van der Waals surface area (Å²) in [4.78, 5) is 29.8. The van der Waals surface area contributed by atoms with Crippen LogP contribution in [0.25, 0.3) is 0 Å². The van der Waals surface area contributed by atoms with E-state index >= 15 is 0 Å². The van der Waals surface area contributed by atoms with Crippen molar-refractivity contribution in [2.45, 2.75) is 52.0 Å². The van der Waals surface area contributed by atoms with Gasteiger partial charge in [-0.2, -0.15) is 5.10 Å². The Labute approximate surface area is 137 Å². The summed E-state index contributed by atoms with van der Waals surface area (Å²) in [5, 5.41) is 4.02. The van der Waals surface area contributed by atoms with E-state index < -0.39 is 0 Å². The first-order valence-corrected chi connectivity index (χ1v) is 8.21. The molecule has 1 aliphatic rings. The van der Waals surface area contributed by atoms with Crippen molar-refractivity contribution in [2.75, 3.05) is 6.54 Å². The lowest BCUT2D eigenvalue weighted by Gasteiger charge is -2.22. The van der Waals surface area contributed by atoms with Crippen molar-refractivity contribution in [1.82, 2.24) is 15.3 Å². The van der Waals surface area contributed by atoms with Gasteiger partial charge in [0.15, 0.2) is 0 Å². The van der Waals surface area contributed by atoms with Gasteiger partial charge in [-0.05, 0) is 31.4 Å². The number of amides is 2. The van der Waals surface area contributed by atoms with E-state index in [9.17, 15) is 9.59 Å². The molecule has 23 heavy (non-hydrogen) atoms. The molecule has 124 valence electrons. The lowest BCUT2D eigenvalue weighted by atomic mass is 10.1. The van der Waals surface area contributed by atoms with E-state index in [0.29, 0.717) is 32.2 Å². The fourth-order valence-electron chi connectivity index (χ4n) is 2.43. The van der Waals surface area contributed by atoms with E-state index in [1.165, 1.54) is 0 Å². The number of carbonyl (C=O) groups is 2. The molecule has 0 fully saturated rings. The Morgan fingerprint density at radius 2 is 2.22 bits per heavy atom. The molecule has 2 rings (SSSR count). The SMILES string of the molecule is CCCCN(Cc1ccccn1)C(=O)CCC1=NNC(=O)CC1. The van der Waals surface area contributed by atoms with Crippen LogP contribution in [0, 0.1) is 0 Å². The smallest absolute Gasteiger partial charge is 0.240 e. The maximum Gasteiger partial charge on any atom is 0.240 e. The highest BCUT2D eigenvalue weighted by atomic mass is 16.2. The number of pyridine rings is 1. The van der Waals surface area contributed by atoms with Crippen LogP contribution in [0.15, 0.2) is 29.5 Å². The topological polar surface area (TPSA) is 74.7 Å². The van der Waals surface area contributed by atoms with E-state index in [2.05, 4.69) is 22.4 Å². The normalized spacial score (nSPS) is 14.1. The third kappa shape index (κ3) is 5.81. The first-order valence-electron chi connectivity index (χ1n) is 8.21. The van der Waals surface area contributed by atoms with Gasteiger partial charge in [0.2, 0.25) is 11.8 Å². The standard InChI is InChI=1S/C17H24N4O2/c1-2-3-12-21(13-15-6-4-5-11-18-15)17(23)10-8-14-7-9-16(22)20-19-14/h4-6,11H,2-3,7-10,12-13H2,1H3,(H,20,22). The number of nitrogens with one attached hydrogen (secondary N) is 1. The van der Waals surface area contributed by atoms with Gasteiger partial charge in [0, 0.05) is 31.3 Å². The molecule has 0 spiro atoms. The van der Waals surface area contributed by atoms with Crippen molar-refractivity contribution in [3.8, 4) is 0 Å². The van der Waals surface area contributed by atoms with E-state index in [0.717, 1.165) is 30.8 Å². The largest absolute Gasteiger partial charge is 0.337 e. The molecule has 2 amide bonds. The zero-order chi connectivity index (χ0) is 16.5. The minimum absolute atomic E-state index is 0.0557. The van der Waals surface area contributed by atoms with Gasteiger partial charge in [0.25, 0.3) is 0 Å². The zero-order valence-corrected chi connectivity index (χ0v) is 13.6. The minimum atomic E-state index is -0.0557. The van der Waals surface area contributed by atoms with Crippen LogP contribution < -0.4 is 5.43 Å². The number of hydrazone groups is 1. The number of unbranched alkanes of at least 4 members (excludes halogenated alkanes) is 1. The second-order valence-corrected chi connectivity index (χ2v) is 5.70. The predicted octanol–water partition coefficient (Wildman–Crippen LogP) is 2.26. The molecular weight excluding hydrogens is 292 g/mol. The molecule has 2 heterocycles. The molecule has 0 bridgehead atoms. The minimum Gasteiger partial charge on any atom is -0.337 e. The van der Waals surface area contributed by atoms with Gasteiger partial charge in [0.1, 0.15) is 0 Å². The lowest BCUT2D eigenvalue weighted by Crippen LogP contribution is -2.32. The van der Waals surface area contributed by atoms with Crippen molar-refractivity contribution in [3.63, 3.8) is 0 Å². The molecule has 6 nitrogen and oxygen atoms in total. The molecule has 0 aromatic carbocycles. The average molecular weight is 316 g/mol. The molecule has 1 aromatic heterocycles. The fourth-order valence-corrected chi connectivity index (χ4v) is 2.43. The lowest BCUT2D eigenvalue weighted by molar-refractivity contribution is -0.131. The number of aromatic nitrogens is 1.